The van der Waals surface area contributed by atoms with Crippen LogP contribution in [0.5, 0.6) is 0 Å². The summed E-state index contributed by atoms with van der Waals surface area (Å²) in [5, 5.41) is 0.328. The van der Waals surface area contributed by atoms with Crippen LogP contribution in [-0.2, 0) is 0 Å². The molecule has 0 aliphatic carbocycles. The van der Waals surface area contributed by atoms with Gasteiger partial charge in [0.25, 0.3) is 0 Å². The number of nitrogen functional groups attached to an aromatic ring is 1. The second kappa shape index (κ2) is 5.87. The summed E-state index contributed by atoms with van der Waals surface area (Å²) in [4.78, 5) is 16.5. The molecule has 0 unspecified atom stereocenters. The fourth-order valence-electron chi connectivity index (χ4n) is 1.93. The maximum absolute atomic E-state index is 14.6. The van der Waals surface area contributed by atoms with Crippen LogP contribution < -0.4 is 10.6 Å². The number of benzene rings is 1. The Hall–Kier alpha value is -1.85. The molecular formula is C14H12Cl2FN3O. The van der Waals surface area contributed by atoms with E-state index in [0.29, 0.717) is 6.29 Å². The predicted octanol–water partition coefficient (Wildman–Crippen LogP) is 3.66. The Balaban J connectivity index is 2.71. The Morgan fingerprint density at radius 1 is 1.33 bits per heavy atom. The van der Waals surface area contributed by atoms with Crippen molar-refractivity contribution in [3.05, 3.63) is 39.8 Å². The third kappa shape index (κ3) is 2.80. The molecule has 2 N–H and O–H groups in total. The average Bonchev–Trinajstić information content (AvgIpc) is 2.41. The van der Waals surface area contributed by atoms with Crippen LogP contribution >= 0.6 is 23.2 Å². The SMILES string of the molecule is CN(C)c1c(Cl)ccc(-c2cc(N)c(Cl)c(C=O)n2)c1F. The molecular weight excluding hydrogens is 316 g/mol. The van der Waals surface area contributed by atoms with Gasteiger partial charge in [-0.15, -0.1) is 0 Å². The van der Waals surface area contributed by atoms with Gasteiger partial charge in [-0.1, -0.05) is 23.2 Å². The molecule has 0 amide bonds. The minimum absolute atomic E-state index is 0.0348. The zero-order chi connectivity index (χ0) is 15.7. The van der Waals surface area contributed by atoms with Crippen molar-refractivity contribution < 1.29 is 9.18 Å². The third-order valence-corrected chi connectivity index (χ3v) is 3.63. The van der Waals surface area contributed by atoms with Crippen LogP contribution in [0.1, 0.15) is 10.5 Å². The summed E-state index contributed by atoms with van der Waals surface area (Å²) in [5.74, 6) is -0.543. The number of hydrogen-bond acceptors (Lipinski definition) is 4. The summed E-state index contributed by atoms with van der Waals surface area (Å²) >= 11 is 11.9. The molecule has 2 rings (SSSR count). The minimum Gasteiger partial charge on any atom is -0.397 e. The van der Waals surface area contributed by atoms with E-state index in [1.54, 1.807) is 25.1 Å². The normalized spacial score (nSPS) is 10.5. The van der Waals surface area contributed by atoms with E-state index in [0.717, 1.165) is 0 Å². The summed E-state index contributed by atoms with van der Waals surface area (Å²) < 4.78 is 14.6. The Kier molecular flexibility index (Phi) is 4.34. The number of hydrogen-bond donors (Lipinski definition) is 1. The van der Waals surface area contributed by atoms with Gasteiger partial charge < -0.3 is 10.6 Å². The first-order chi connectivity index (χ1) is 9.86. The molecule has 1 aromatic heterocycles. The van der Waals surface area contributed by atoms with Gasteiger partial charge >= 0.3 is 0 Å². The Morgan fingerprint density at radius 2 is 2.00 bits per heavy atom. The lowest BCUT2D eigenvalue weighted by molar-refractivity contribution is 0.111. The molecule has 0 bridgehead atoms. The van der Waals surface area contributed by atoms with E-state index >= 15 is 0 Å². The van der Waals surface area contributed by atoms with Crippen molar-refractivity contribution in [1.29, 1.82) is 0 Å². The standard InChI is InChI=1S/C14H12Cl2FN3O/c1-20(2)14-8(15)4-3-7(13(14)17)10-5-9(18)12(16)11(6-21)19-10/h3-6H,1-2H3,(H2,18,19). The summed E-state index contributed by atoms with van der Waals surface area (Å²) in [6.45, 7) is 0. The smallest absolute Gasteiger partial charge is 0.170 e. The molecule has 2 aromatic rings. The van der Waals surface area contributed by atoms with E-state index in [4.69, 9.17) is 28.9 Å². The van der Waals surface area contributed by atoms with Crippen LogP contribution in [0.15, 0.2) is 18.2 Å². The first-order valence-corrected chi connectivity index (χ1v) is 6.69. The van der Waals surface area contributed by atoms with E-state index in [2.05, 4.69) is 4.98 Å². The van der Waals surface area contributed by atoms with Gasteiger partial charge in [-0.3, -0.25) is 4.79 Å². The first-order valence-electron chi connectivity index (χ1n) is 5.93. The molecule has 110 valence electrons. The minimum atomic E-state index is -0.543. The van der Waals surface area contributed by atoms with E-state index < -0.39 is 5.82 Å². The topological polar surface area (TPSA) is 59.2 Å². The fourth-order valence-corrected chi connectivity index (χ4v) is 2.39. The van der Waals surface area contributed by atoms with Crippen molar-refractivity contribution in [2.24, 2.45) is 0 Å². The lowest BCUT2D eigenvalue weighted by atomic mass is 10.1. The van der Waals surface area contributed by atoms with E-state index in [-0.39, 0.29) is 38.4 Å². The molecule has 0 aliphatic heterocycles. The zero-order valence-corrected chi connectivity index (χ0v) is 12.8. The molecule has 0 saturated carbocycles. The van der Waals surface area contributed by atoms with Crippen molar-refractivity contribution in [3.8, 4) is 11.3 Å². The molecule has 7 heteroatoms. The first kappa shape index (κ1) is 15.5. The van der Waals surface area contributed by atoms with Crippen LogP contribution in [-0.4, -0.2) is 25.4 Å². The van der Waals surface area contributed by atoms with Gasteiger partial charge in [0, 0.05) is 19.7 Å². The lowest BCUT2D eigenvalue weighted by Crippen LogP contribution is -2.12. The van der Waals surface area contributed by atoms with Gasteiger partial charge in [-0.2, -0.15) is 0 Å². The molecule has 0 fully saturated rings. The number of rotatable bonds is 3. The largest absolute Gasteiger partial charge is 0.397 e. The van der Waals surface area contributed by atoms with E-state index in [1.165, 1.54) is 12.1 Å². The number of aldehydes is 1. The van der Waals surface area contributed by atoms with E-state index in [1.807, 2.05) is 0 Å². The van der Waals surface area contributed by atoms with Crippen LogP contribution in [0.3, 0.4) is 0 Å². The van der Waals surface area contributed by atoms with Gasteiger partial charge in [0.05, 0.1) is 27.1 Å². The highest BCUT2D eigenvalue weighted by Crippen LogP contribution is 2.35. The molecule has 1 heterocycles. The van der Waals surface area contributed by atoms with Crippen LogP contribution in [0.25, 0.3) is 11.3 Å². The number of halogens is 3. The molecule has 0 spiro atoms. The zero-order valence-electron chi connectivity index (χ0n) is 11.3. The second-order valence-corrected chi connectivity index (χ2v) is 5.35. The van der Waals surface area contributed by atoms with E-state index in [9.17, 15) is 9.18 Å². The Labute approximate surface area is 131 Å². The Morgan fingerprint density at radius 3 is 2.57 bits per heavy atom. The van der Waals surface area contributed by atoms with Crippen molar-refractivity contribution in [2.75, 3.05) is 24.7 Å². The highest BCUT2D eigenvalue weighted by molar-refractivity contribution is 6.35. The van der Waals surface area contributed by atoms with Gasteiger partial charge in [0.2, 0.25) is 0 Å². The third-order valence-electron chi connectivity index (χ3n) is 2.91. The van der Waals surface area contributed by atoms with Gasteiger partial charge in [0.15, 0.2) is 12.1 Å². The summed E-state index contributed by atoms with van der Waals surface area (Å²) in [5.41, 5.74) is 6.49. The number of nitrogens with zero attached hydrogens (tertiary/aromatic N) is 2. The molecule has 0 radical (unpaired) electrons. The van der Waals surface area contributed by atoms with Crippen LogP contribution in [0, 0.1) is 5.82 Å². The molecule has 0 saturated heterocycles. The average molecular weight is 328 g/mol. The molecule has 4 nitrogen and oxygen atoms in total. The summed E-state index contributed by atoms with van der Waals surface area (Å²) in [7, 11) is 3.35. The number of nitrogens with two attached hydrogens (primary N) is 1. The van der Waals surface area contributed by atoms with Crippen LogP contribution in [0.4, 0.5) is 15.8 Å². The highest BCUT2D eigenvalue weighted by Gasteiger charge is 2.18. The Bertz CT molecular complexity index is 720. The molecule has 1 aromatic carbocycles. The highest BCUT2D eigenvalue weighted by atomic mass is 35.5. The van der Waals surface area contributed by atoms with Crippen molar-refractivity contribution >= 4 is 40.9 Å². The molecule has 21 heavy (non-hydrogen) atoms. The fraction of sp³-hybridized carbons (Fsp3) is 0.143. The molecule has 0 atom stereocenters. The van der Waals surface area contributed by atoms with Crippen LogP contribution in [0.2, 0.25) is 10.0 Å². The van der Waals surface area contributed by atoms with Crippen molar-refractivity contribution in [2.45, 2.75) is 0 Å². The predicted molar refractivity (Wildman–Crippen MR) is 83.8 cm³/mol. The number of carbonyl (C=O) groups excluding carboxylic acids is 1. The second-order valence-electron chi connectivity index (χ2n) is 4.57. The monoisotopic (exact) mass is 327 g/mol. The number of anilines is 2. The number of aromatic nitrogens is 1. The molecule has 0 aliphatic rings. The quantitative estimate of drug-likeness (QED) is 0.874. The van der Waals surface area contributed by atoms with Gasteiger partial charge in [0.1, 0.15) is 5.69 Å². The van der Waals surface area contributed by atoms with Crippen molar-refractivity contribution in [3.63, 3.8) is 0 Å². The van der Waals surface area contributed by atoms with Gasteiger partial charge in [-0.05, 0) is 18.2 Å². The number of pyridine rings is 1. The summed E-state index contributed by atoms with van der Waals surface area (Å²) in [6, 6.07) is 4.46. The maximum atomic E-state index is 14.6. The van der Waals surface area contributed by atoms with Crippen molar-refractivity contribution in [1.82, 2.24) is 4.98 Å². The summed E-state index contributed by atoms with van der Waals surface area (Å²) in [6.07, 6.45) is 0.475. The van der Waals surface area contributed by atoms with Gasteiger partial charge in [-0.25, -0.2) is 9.37 Å². The number of carbonyl (C=O) groups is 1. The lowest BCUT2D eigenvalue weighted by Gasteiger charge is -2.17. The maximum Gasteiger partial charge on any atom is 0.170 e.